The number of rotatable bonds is 5. The maximum Gasteiger partial charge on any atom is 0.243 e. The molecule has 1 atom stereocenters. The van der Waals surface area contributed by atoms with E-state index in [1.54, 1.807) is 13.2 Å². The molecule has 1 aliphatic rings. The minimum Gasteiger partial charge on any atom is -0.370 e. The van der Waals surface area contributed by atoms with Crippen molar-refractivity contribution >= 4 is 0 Å². The van der Waals surface area contributed by atoms with Crippen molar-refractivity contribution in [2.75, 3.05) is 7.11 Å². The molecule has 1 aromatic rings. The molecule has 0 radical (unpaired) electrons. The standard InChI is InChI=1S/C15H25N3O2/c1-5-6-11(16)12-17-13(18-20-12)15(19-4)9-7-14(2,3)8-10-15/h5,11H,1,6-10,16H2,2-4H3. The molecule has 0 aromatic carbocycles. The van der Waals surface area contributed by atoms with Gasteiger partial charge in [0.05, 0.1) is 6.04 Å². The van der Waals surface area contributed by atoms with E-state index >= 15 is 0 Å². The molecule has 1 aliphatic carbocycles. The van der Waals surface area contributed by atoms with Gasteiger partial charge >= 0.3 is 0 Å². The lowest BCUT2D eigenvalue weighted by Gasteiger charge is -2.40. The van der Waals surface area contributed by atoms with Crippen LogP contribution in [-0.2, 0) is 10.3 Å². The third kappa shape index (κ3) is 2.94. The maximum atomic E-state index is 5.97. The van der Waals surface area contributed by atoms with Gasteiger partial charge in [-0.3, -0.25) is 0 Å². The Kier molecular flexibility index (Phi) is 4.30. The summed E-state index contributed by atoms with van der Waals surface area (Å²) in [6.07, 6.45) is 6.36. The van der Waals surface area contributed by atoms with Crippen LogP contribution in [0.4, 0.5) is 0 Å². The summed E-state index contributed by atoms with van der Waals surface area (Å²) in [4.78, 5) is 4.47. The average Bonchev–Trinajstić information content (AvgIpc) is 2.90. The third-order valence-corrected chi connectivity index (χ3v) is 4.39. The number of methoxy groups -OCH3 is 1. The number of hydrogen-bond acceptors (Lipinski definition) is 5. The molecule has 1 aromatic heterocycles. The molecule has 0 bridgehead atoms. The van der Waals surface area contributed by atoms with Crippen molar-refractivity contribution in [2.45, 2.75) is 57.6 Å². The van der Waals surface area contributed by atoms with Crippen molar-refractivity contribution < 1.29 is 9.26 Å². The van der Waals surface area contributed by atoms with Crippen LogP contribution >= 0.6 is 0 Å². The monoisotopic (exact) mass is 279 g/mol. The first-order valence-electron chi connectivity index (χ1n) is 7.18. The van der Waals surface area contributed by atoms with Gasteiger partial charge in [-0.2, -0.15) is 4.98 Å². The molecule has 1 unspecified atom stereocenters. The van der Waals surface area contributed by atoms with Crippen molar-refractivity contribution in [1.82, 2.24) is 10.1 Å². The number of hydrogen-bond donors (Lipinski definition) is 1. The van der Waals surface area contributed by atoms with E-state index in [0.717, 1.165) is 25.7 Å². The fourth-order valence-corrected chi connectivity index (χ4v) is 2.70. The zero-order chi connectivity index (χ0) is 14.8. The topological polar surface area (TPSA) is 74.2 Å². The second-order valence-electron chi connectivity index (χ2n) is 6.45. The normalized spacial score (nSPS) is 22.4. The molecule has 5 nitrogen and oxygen atoms in total. The molecule has 2 N–H and O–H groups in total. The molecule has 1 fully saturated rings. The Morgan fingerprint density at radius 1 is 1.40 bits per heavy atom. The molecule has 112 valence electrons. The van der Waals surface area contributed by atoms with Crippen LogP contribution in [0.25, 0.3) is 0 Å². The molecule has 0 spiro atoms. The first kappa shape index (κ1) is 15.2. The zero-order valence-corrected chi connectivity index (χ0v) is 12.7. The van der Waals surface area contributed by atoms with Crippen molar-refractivity contribution in [3.8, 4) is 0 Å². The smallest absolute Gasteiger partial charge is 0.243 e. The van der Waals surface area contributed by atoms with E-state index in [1.165, 1.54) is 0 Å². The van der Waals surface area contributed by atoms with Crippen molar-refractivity contribution in [3.63, 3.8) is 0 Å². The average molecular weight is 279 g/mol. The van der Waals surface area contributed by atoms with Gasteiger partial charge in [0.2, 0.25) is 11.7 Å². The summed E-state index contributed by atoms with van der Waals surface area (Å²) in [6, 6.07) is -0.289. The van der Waals surface area contributed by atoms with Crippen LogP contribution in [0.15, 0.2) is 17.2 Å². The van der Waals surface area contributed by atoms with E-state index in [0.29, 0.717) is 23.6 Å². The predicted molar refractivity (Wildman–Crippen MR) is 77.0 cm³/mol. The summed E-state index contributed by atoms with van der Waals surface area (Å²) in [5.74, 6) is 1.09. The molecular weight excluding hydrogens is 254 g/mol. The van der Waals surface area contributed by atoms with Crippen LogP contribution in [0.3, 0.4) is 0 Å². The molecule has 1 heterocycles. The second-order valence-corrected chi connectivity index (χ2v) is 6.45. The number of nitrogens with two attached hydrogens (primary N) is 1. The van der Waals surface area contributed by atoms with E-state index in [4.69, 9.17) is 15.0 Å². The summed E-state index contributed by atoms with van der Waals surface area (Å²) >= 11 is 0. The summed E-state index contributed by atoms with van der Waals surface area (Å²) in [5.41, 5.74) is 5.90. The molecule has 20 heavy (non-hydrogen) atoms. The highest BCUT2D eigenvalue weighted by Gasteiger charge is 2.43. The summed E-state index contributed by atoms with van der Waals surface area (Å²) < 4.78 is 11.1. The highest BCUT2D eigenvalue weighted by atomic mass is 16.5. The van der Waals surface area contributed by atoms with Crippen LogP contribution in [0.5, 0.6) is 0 Å². The minimum absolute atomic E-state index is 0.289. The van der Waals surface area contributed by atoms with Crippen LogP contribution in [0, 0.1) is 5.41 Å². The Hall–Kier alpha value is -1.20. The fourth-order valence-electron chi connectivity index (χ4n) is 2.70. The minimum atomic E-state index is -0.425. The Bertz CT molecular complexity index is 457. The Morgan fingerprint density at radius 2 is 2.05 bits per heavy atom. The van der Waals surface area contributed by atoms with Crippen molar-refractivity contribution in [2.24, 2.45) is 11.1 Å². The molecule has 0 aliphatic heterocycles. The molecule has 0 saturated heterocycles. The van der Waals surface area contributed by atoms with E-state index in [2.05, 4.69) is 30.6 Å². The van der Waals surface area contributed by atoms with Crippen molar-refractivity contribution in [3.05, 3.63) is 24.4 Å². The number of ether oxygens (including phenoxy) is 1. The first-order chi connectivity index (χ1) is 9.42. The fraction of sp³-hybridized carbons (Fsp3) is 0.733. The van der Waals surface area contributed by atoms with Gasteiger partial charge in [0.15, 0.2) is 0 Å². The van der Waals surface area contributed by atoms with Crippen LogP contribution in [0.2, 0.25) is 0 Å². The first-order valence-corrected chi connectivity index (χ1v) is 7.18. The van der Waals surface area contributed by atoms with Gasteiger partial charge in [0, 0.05) is 7.11 Å². The van der Waals surface area contributed by atoms with E-state index in [-0.39, 0.29) is 6.04 Å². The molecule has 0 amide bonds. The van der Waals surface area contributed by atoms with Gasteiger partial charge in [0.1, 0.15) is 5.60 Å². The molecule has 1 saturated carbocycles. The van der Waals surface area contributed by atoms with Crippen LogP contribution in [0.1, 0.15) is 63.7 Å². The SMILES string of the molecule is C=CCC(N)c1nc(C2(OC)CCC(C)(C)CC2)no1. The van der Waals surface area contributed by atoms with Gasteiger partial charge in [0.25, 0.3) is 0 Å². The Morgan fingerprint density at radius 3 is 2.60 bits per heavy atom. The van der Waals surface area contributed by atoms with E-state index in [1.807, 2.05) is 0 Å². The summed E-state index contributed by atoms with van der Waals surface area (Å²) in [6.45, 7) is 8.25. The Labute approximate surface area is 120 Å². The molecule has 2 rings (SSSR count). The van der Waals surface area contributed by atoms with Crippen LogP contribution in [-0.4, -0.2) is 17.3 Å². The molecule has 5 heteroatoms. The predicted octanol–water partition coefficient (Wildman–Crippen LogP) is 3.09. The quantitative estimate of drug-likeness (QED) is 0.838. The maximum absolute atomic E-state index is 5.97. The van der Waals surface area contributed by atoms with Crippen LogP contribution < -0.4 is 5.73 Å². The number of nitrogens with zero attached hydrogens (tertiary/aromatic N) is 2. The summed E-state index contributed by atoms with van der Waals surface area (Å²) in [7, 11) is 1.72. The molecular formula is C15H25N3O2. The van der Waals surface area contributed by atoms with E-state index in [9.17, 15) is 0 Å². The summed E-state index contributed by atoms with van der Waals surface area (Å²) in [5, 5.41) is 4.11. The van der Waals surface area contributed by atoms with Gasteiger partial charge in [-0.15, -0.1) is 6.58 Å². The highest BCUT2D eigenvalue weighted by Crippen LogP contribution is 2.46. The van der Waals surface area contributed by atoms with Gasteiger partial charge in [-0.05, 0) is 37.5 Å². The van der Waals surface area contributed by atoms with E-state index < -0.39 is 5.60 Å². The lowest BCUT2D eigenvalue weighted by molar-refractivity contribution is -0.0740. The lowest BCUT2D eigenvalue weighted by Crippen LogP contribution is -2.37. The zero-order valence-electron chi connectivity index (χ0n) is 12.7. The third-order valence-electron chi connectivity index (χ3n) is 4.39. The lowest BCUT2D eigenvalue weighted by atomic mass is 9.70. The van der Waals surface area contributed by atoms with Gasteiger partial charge in [-0.25, -0.2) is 0 Å². The van der Waals surface area contributed by atoms with Gasteiger partial charge in [-0.1, -0.05) is 25.1 Å². The number of aromatic nitrogens is 2. The second kappa shape index (κ2) is 5.66. The largest absolute Gasteiger partial charge is 0.370 e. The Balaban J connectivity index is 2.18. The highest BCUT2D eigenvalue weighted by molar-refractivity contribution is 5.06. The van der Waals surface area contributed by atoms with Crippen molar-refractivity contribution in [1.29, 1.82) is 0 Å². The van der Waals surface area contributed by atoms with Gasteiger partial charge < -0.3 is 15.0 Å².